The van der Waals surface area contributed by atoms with Crippen LogP contribution in [0.25, 0.3) is 0 Å². The largest absolute Gasteiger partial charge is 0.481 e. The summed E-state index contributed by atoms with van der Waals surface area (Å²) >= 11 is 11.7. The molecule has 2 aromatic rings. The first kappa shape index (κ1) is 15.6. The Labute approximate surface area is 130 Å². The number of benzene rings is 1. The molecule has 0 aliphatic carbocycles. The second kappa shape index (κ2) is 6.78. The van der Waals surface area contributed by atoms with Crippen LogP contribution >= 0.6 is 23.2 Å². The monoisotopic (exact) mass is 330 g/mol. The van der Waals surface area contributed by atoms with E-state index in [1.165, 1.54) is 12.1 Å². The van der Waals surface area contributed by atoms with Crippen LogP contribution < -0.4 is 4.74 Å². The SMILES string of the molecule is CCCc1noc(COc2c(Cl)cc(Cl)cc2C(=O)O)n1. The molecule has 0 saturated heterocycles. The van der Waals surface area contributed by atoms with Crippen molar-refractivity contribution in [3.63, 3.8) is 0 Å². The molecule has 0 aliphatic heterocycles. The van der Waals surface area contributed by atoms with Gasteiger partial charge in [-0.05, 0) is 18.6 Å². The zero-order valence-electron chi connectivity index (χ0n) is 11.1. The number of rotatable bonds is 6. The maximum atomic E-state index is 11.2. The second-order valence-electron chi connectivity index (χ2n) is 4.21. The molecule has 6 nitrogen and oxygen atoms in total. The number of hydrogen-bond acceptors (Lipinski definition) is 5. The van der Waals surface area contributed by atoms with Gasteiger partial charge in [0, 0.05) is 11.4 Å². The lowest BCUT2D eigenvalue weighted by Crippen LogP contribution is -2.04. The van der Waals surface area contributed by atoms with E-state index in [1.54, 1.807) is 0 Å². The number of hydrogen-bond donors (Lipinski definition) is 1. The van der Waals surface area contributed by atoms with Crippen LogP contribution in [0.5, 0.6) is 5.75 Å². The molecule has 8 heteroatoms. The van der Waals surface area contributed by atoms with Crippen LogP contribution in [0.15, 0.2) is 16.7 Å². The zero-order valence-corrected chi connectivity index (χ0v) is 12.6. The summed E-state index contributed by atoms with van der Waals surface area (Å²) in [6.45, 7) is 1.93. The normalized spacial score (nSPS) is 10.6. The highest BCUT2D eigenvalue weighted by Crippen LogP contribution is 2.33. The molecule has 0 unspecified atom stereocenters. The minimum absolute atomic E-state index is 0.0174. The minimum Gasteiger partial charge on any atom is -0.481 e. The van der Waals surface area contributed by atoms with Crippen molar-refractivity contribution in [2.45, 2.75) is 26.4 Å². The van der Waals surface area contributed by atoms with Gasteiger partial charge in [0.25, 0.3) is 5.89 Å². The Morgan fingerprint density at radius 2 is 2.19 bits per heavy atom. The average Bonchev–Trinajstić information content (AvgIpc) is 2.85. The molecule has 1 aromatic heterocycles. The summed E-state index contributed by atoms with van der Waals surface area (Å²) in [6.07, 6.45) is 1.59. The number of carbonyl (C=O) groups is 1. The van der Waals surface area contributed by atoms with E-state index in [9.17, 15) is 4.79 Å². The first-order chi connectivity index (χ1) is 10.0. The lowest BCUT2D eigenvalue weighted by Gasteiger charge is -2.09. The number of aromatic nitrogens is 2. The topological polar surface area (TPSA) is 85.5 Å². The van der Waals surface area contributed by atoms with E-state index in [2.05, 4.69) is 10.1 Å². The molecule has 0 radical (unpaired) electrons. The van der Waals surface area contributed by atoms with Crippen molar-refractivity contribution in [1.82, 2.24) is 10.1 Å². The lowest BCUT2D eigenvalue weighted by molar-refractivity contribution is 0.0691. The van der Waals surface area contributed by atoms with Crippen LogP contribution in [0.2, 0.25) is 10.0 Å². The van der Waals surface area contributed by atoms with E-state index >= 15 is 0 Å². The zero-order chi connectivity index (χ0) is 15.4. The molecule has 0 atom stereocenters. The molecule has 21 heavy (non-hydrogen) atoms. The summed E-state index contributed by atoms with van der Waals surface area (Å²) in [7, 11) is 0. The van der Waals surface area contributed by atoms with Crippen LogP contribution in [0.1, 0.15) is 35.4 Å². The van der Waals surface area contributed by atoms with Crippen molar-refractivity contribution in [1.29, 1.82) is 0 Å². The fraction of sp³-hybridized carbons (Fsp3) is 0.308. The van der Waals surface area contributed by atoms with Gasteiger partial charge < -0.3 is 14.4 Å². The third-order valence-corrected chi connectivity index (χ3v) is 3.06. The molecule has 0 fully saturated rings. The number of ether oxygens (including phenoxy) is 1. The van der Waals surface area contributed by atoms with Crippen LogP contribution in [-0.4, -0.2) is 21.2 Å². The minimum atomic E-state index is -1.19. The van der Waals surface area contributed by atoms with Gasteiger partial charge in [0.05, 0.1) is 5.02 Å². The fourth-order valence-electron chi connectivity index (χ4n) is 1.67. The lowest BCUT2D eigenvalue weighted by atomic mass is 10.2. The Kier molecular flexibility index (Phi) is 5.03. The van der Waals surface area contributed by atoms with Gasteiger partial charge in [0.2, 0.25) is 0 Å². The van der Waals surface area contributed by atoms with Gasteiger partial charge in [-0.15, -0.1) is 0 Å². The molecular formula is C13H12Cl2N2O4. The predicted molar refractivity (Wildman–Crippen MR) is 76.0 cm³/mol. The highest BCUT2D eigenvalue weighted by molar-refractivity contribution is 6.36. The van der Waals surface area contributed by atoms with Gasteiger partial charge in [-0.1, -0.05) is 35.3 Å². The standard InChI is InChI=1S/C13H12Cl2N2O4/c1-2-3-10-16-11(21-17-10)6-20-12-8(13(18)19)4-7(14)5-9(12)15/h4-5H,2-3,6H2,1H3,(H,18,19). The molecule has 0 amide bonds. The maximum absolute atomic E-state index is 11.2. The van der Waals surface area contributed by atoms with Gasteiger partial charge in [-0.2, -0.15) is 4.98 Å². The molecule has 0 saturated carbocycles. The molecule has 112 valence electrons. The number of nitrogens with zero attached hydrogens (tertiary/aromatic N) is 2. The fourth-order valence-corrected chi connectivity index (χ4v) is 2.22. The molecule has 0 bridgehead atoms. The molecule has 1 aromatic carbocycles. The smallest absolute Gasteiger partial charge is 0.339 e. The molecule has 1 N–H and O–H groups in total. The van der Waals surface area contributed by atoms with Crippen molar-refractivity contribution < 1.29 is 19.2 Å². The summed E-state index contributed by atoms with van der Waals surface area (Å²) in [5, 5.41) is 13.2. The Morgan fingerprint density at radius 1 is 1.43 bits per heavy atom. The van der Waals surface area contributed by atoms with E-state index in [0.29, 0.717) is 12.2 Å². The summed E-state index contributed by atoms with van der Waals surface area (Å²) in [5.41, 5.74) is -0.124. The maximum Gasteiger partial charge on any atom is 0.339 e. The number of halogens is 2. The predicted octanol–water partition coefficient (Wildman–Crippen LogP) is 3.61. The number of carboxylic acid groups (broad SMARTS) is 1. The van der Waals surface area contributed by atoms with Crippen LogP contribution in [0, 0.1) is 0 Å². The quantitative estimate of drug-likeness (QED) is 0.870. The third kappa shape index (κ3) is 3.86. The van der Waals surface area contributed by atoms with Gasteiger partial charge >= 0.3 is 5.97 Å². The highest BCUT2D eigenvalue weighted by atomic mass is 35.5. The molecule has 2 rings (SSSR count). The van der Waals surface area contributed by atoms with Gasteiger partial charge in [0.15, 0.2) is 18.2 Å². The number of aryl methyl sites for hydroxylation is 1. The first-order valence-corrected chi connectivity index (χ1v) is 6.93. The van der Waals surface area contributed by atoms with Crippen molar-refractivity contribution in [3.8, 4) is 5.75 Å². The van der Waals surface area contributed by atoms with Crippen LogP contribution in [-0.2, 0) is 13.0 Å². The van der Waals surface area contributed by atoms with E-state index < -0.39 is 5.97 Å². The molecule has 1 heterocycles. The third-order valence-electron chi connectivity index (χ3n) is 2.56. The molecule has 0 spiro atoms. The van der Waals surface area contributed by atoms with Crippen molar-refractivity contribution in [2.24, 2.45) is 0 Å². The number of aromatic carboxylic acids is 1. The highest BCUT2D eigenvalue weighted by Gasteiger charge is 2.18. The summed E-state index contributed by atoms with van der Waals surface area (Å²) in [4.78, 5) is 15.3. The number of carboxylic acids is 1. The van der Waals surface area contributed by atoms with E-state index in [4.69, 9.17) is 37.6 Å². The van der Waals surface area contributed by atoms with Crippen LogP contribution in [0.3, 0.4) is 0 Å². The van der Waals surface area contributed by atoms with Crippen molar-refractivity contribution >= 4 is 29.2 Å². The Hall–Kier alpha value is -1.79. The van der Waals surface area contributed by atoms with E-state index in [-0.39, 0.29) is 33.9 Å². The summed E-state index contributed by atoms with van der Waals surface area (Å²) < 4.78 is 10.4. The van der Waals surface area contributed by atoms with Crippen molar-refractivity contribution in [3.05, 3.63) is 39.5 Å². The van der Waals surface area contributed by atoms with Crippen LogP contribution in [0.4, 0.5) is 0 Å². The van der Waals surface area contributed by atoms with Gasteiger partial charge in [-0.3, -0.25) is 0 Å². The Bertz CT molecular complexity index is 658. The molecular weight excluding hydrogens is 319 g/mol. The summed E-state index contributed by atoms with van der Waals surface area (Å²) in [5.74, 6) is -0.340. The Morgan fingerprint density at radius 3 is 2.86 bits per heavy atom. The second-order valence-corrected chi connectivity index (χ2v) is 5.06. The first-order valence-electron chi connectivity index (χ1n) is 6.17. The van der Waals surface area contributed by atoms with Crippen molar-refractivity contribution in [2.75, 3.05) is 0 Å². The van der Waals surface area contributed by atoms with Gasteiger partial charge in [-0.25, -0.2) is 4.79 Å². The van der Waals surface area contributed by atoms with Gasteiger partial charge in [0.1, 0.15) is 5.56 Å². The average molecular weight is 331 g/mol. The molecule has 0 aliphatic rings. The Balaban J connectivity index is 2.17. The van der Waals surface area contributed by atoms with E-state index in [1.807, 2.05) is 6.92 Å². The van der Waals surface area contributed by atoms with E-state index in [0.717, 1.165) is 6.42 Å². The summed E-state index contributed by atoms with van der Waals surface area (Å²) in [6, 6.07) is 2.67.